The van der Waals surface area contributed by atoms with Gasteiger partial charge in [-0.25, -0.2) is 0 Å². The van der Waals surface area contributed by atoms with Crippen LogP contribution in [0.4, 0.5) is 0 Å². The molecule has 0 bridgehead atoms. The summed E-state index contributed by atoms with van der Waals surface area (Å²) in [6.45, 7) is 3.20. The molecule has 0 fully saturated rings. The first-order valence-electron chi connectivity index (χ1n) is 7.35. The second-order valence-electron chi connectivity index (χ2n) is 5.08. The lowest BCUT2D eigenvalue weighted by molar-refractivity contribution is 0.413. The maximum absolute atomic E-state index is 5.32. The van der Waals surface area contributed by atoms with Crippen molar-refractivity contribution in [3.63, 3.8) is 0 Å². The molecule has 0 saturated carbocycles. The normalized spacial score (nSPS) is 12.1. The maximum atomic E-state index is 5.32. The van der Waals surface area contributed by atoms with Gasteiger partial charge >= 0.3 is 0 Å². The number of halogens is 1. The van der Waals surface area contributed by atoms with Crippen LogP contribution in [0.1, 0.15) is 30.5 Å². The Balaban J connectivity index is 2.21. The van der Waals surface area contributed by atoms with Gasteiger partial charge in [0.25, 0.3) is 0 Å². The van der Waals surface area contributed by atoms with Gasteiger partial charge in [-0.15, -0.1) is 0 Å². The van der Waals surface area contributed by atoms with Crippen LogP contribution in [0, 0.1) is 0 Å². The van der Waals surface area contributed by atoms with E-state index in [1.807, 2.05) is 12.1 Å². The number of benzene rings is 2. The van der Waals surface area contributed by atoms with Gasteiger partial charge < -0.3 is 10.1 Å². The summed E-state index contributed by atoms with van der Waals surface area (Å²) in [6, 6.07) is 17.0. The zero-order chi connectivity index (χ0) is 15.1. The van der Waals surface area contributed by atoms with E-state index in [1.54, 1.807) is 7.11 Å². The topological polar surface area (TPSA) is 21.3 Å². The van der Waals surface area contributed by atoms with E-state index < -0.39 is 0 Å². The number of hydrogen-bond acceptors (Lipinski definition) is 2. The highest BCUT2D eigenvalue weighted by molar-refractivity contribution is 9.10. The third-order valence-electron chi connectivity index (χ3n) is 3.50. The van der Waals surface area contributed by atoms with Crippen molar-refractivity contribution in [1.29, 1.82) is 0 Å². The fourth-order valence-electron chi connectivity index (χ4n) is 2.40. The summed E-state index contributed by atoms with van der Waals surface area (Å²) in [5, 5.41) is 3.64. The highest BCUT2D eigenvalue weighted by Crippen LogP contribution is 2.27. The molecular weight excluding hydrogens is 326 g/mol. The van der Waals surface area contributed by atoms with E-state index in [0.717, 1.165) is 29.6 Å². The highest BCUT2D eigenvalue weighted by atomic mass is 79.9. The summed E-state index contributed by atoms with van der Waals surface area (Å²) in [5.41, 5.74) is 2.58. The van der Waals surface area contributed by atoms with E-state index >= 15 is 0 Å². The Morgan fingerprint density at radius 2 is 1.95 bits per heavy atom. The summed E-state index contributed by atoms with van der Waals surface area (Å²) in [6.07, 6.45) is 2.07. The Morgan fingerprint density at radius 3 is 2.67 bits per heavy atom. The molecule has 0 radical (unpaired) electrons. The fourth-order valence-corrected chi connectivity index (χ4v) is 2.96. The lowest BCUT2D eigenvalue weighted by Crippen LogP contribution is -2.24. The lowest BCUT2D eigenvalue weighted by atomic mass is 9.98. The molecule has 112 valence electrons. The number of methoxy groups -OCH3 is 1. The van der Waals surface area contributed by atoms with Gasteiger partial charge in [0, 0.05) is 10.5 Å². The summed E-state index contributed by atoms with van der Waals surface area (Å²) in [5.74, 6) is 0.911. The van der Waals surface area contributed by atoms with Gasteiger partial charge in [0.05, 0.1) is 7.11 Å². The first-order chi connectivity index (χ1) is 10.2. The standard InChI is InChI=1S/C18H22BrNO/c1-3-11-20-18(16-9-4-5-10-17(16)19)13-14-7-6-8-15(12-14)21-2/h4-10,12,18,20H,3,11,13H2,1-2H3. The zero-order valence-corrected chi connectivity index (χ0v) is 14.2. The molecule has 0 aliphatic carbocycles. The minimum Gasteiger partial charge on any atom is -0.497 e. The van der Waals surface area contributed by atoms with E-state index in [0.29, 0.717) is 6.04 Å². The molecule has 21 heavy (non-hydrogen) atoms. The molecule has 2 nitrogen and oxygen atoms in total. The van der Waals surface area contributed by atoms with Crippen LogP contribution in [-0.4, -0.2) is 13.7 Å². The van der Waals surface area contributed by atoms with E-state index in [4.69, 9.17) is 4.74 Å². The average molecular weight is 348 g/mol. The lowest BCUT2D eigenvalue weighted by Gasteiger charge is -2.20. The van der Waals surface area contributed by atoms with Crippen LogP contribution in [0.15, 0.2) is 53.0 Å². The minimum atomic E-state index is 0.299. The van der Waals surface area contributed by atoms with E-state index in [2.05, 4.69) is 64.6 Å². The van der Waals surface area contributed by atoms with Gasteiger partial charge in [0.15, 0.2) is 0 Å². The summed E-state index contributed by atoms with van der Waals surface area (Å²) in [7, 11) is 1.71. The molecule has 0 heterocycles. The first kappa shape index (κ1) is 16.1. The van der Waals surface area contributed by atoms with Crippen molar-refractivity contribution >= 4 is 15.9 Å². The van der Waals surface area contributed by atoms with Gasteiger partial charge in [0.1, 0.15) is 5.75 Å². The monoisotopic (exact) mass is 347 g/mol. The molecule has 1 unspecified atom stereocenters. The van der Waals surface area contributed by atoms with Crippen molar-refractivity contribution in [2.24, 2.45) is 0 Å². The molecule has 2 aromatic rings. The third-order valence-corrected chi connectivity index (χ3v) is 4.22. The number of nitrogens with one attached hydrogen (secondary N) is 1. The molecule has 2 aromatic carbocycles. The van der Waals surface area contributed by atoms with E-state index in [9.17, 15) is 0 Å². The van der Waals surface area contributed by atoms with Gasteiger partial charge in [-0.2, -0.15) is 0 Å². The van der Waals surface area contributed by atoms with Crippen molar-refractivity contribution in [2.75, 3.05) is 13.7 Å². The Hall–Kier alpha value is -1.32. The minimum absolute atomic E-state index is 0.299. The van der Waals surface area contributed by atoms with Gasteiger partial charge in [-0.1, -0.05) is 53.2 Å². The molecule has 0 amide bonds. The first-order valence-corrected chi connectivity index (χ1v) is 8.14. The summed E-state index contributed by atoms with van der Waals surface area (Å²) in [4.78, 5) is 0. The van der Waals surface area contributed by atoms with Crippen molar-refractivity contribution in [2.45, 2.75) is 25.8 Å². The van der Waals surface area contributed by atoms with Crippen LogP contribution in [-0.2, 0) is 6.42 Å². The Bertz CT molecular complexity index is 571. The third kappa shape index (κ3) is 4.58. The van der Waals surface area contributed by atoms with Crippen molar-refractivity contribution in [3.8, 4) is 5.75 Å². The number of ether oxygens (including phenoxy) is 1. The second kappa shape index (κ2) is 8.20. The van der Waals surface area contributed by atoms with Gasteiger partial charge in [0.2, 0.25) is 0 Å². The zero-order valence-electron chi connectivity index (χ0n) is 12.6. The van der Waals surface area contributed by atoms with E-state index in [-0.39, 0.29) is 0 Å². The van der Waals surface area contributed by atoms with Crippen LogP contribution < -0.4 is 10.1 Å². The van der Waals surface area contributed by atoms with Crippen LogP contribution in [0.25, 0.3) is 0 Å². The number of rotatable bonds is 7. The Labute approximate surface area is 135 Å². The van der Waals surface area contributed by atoms with E-state index in [1.165, 1.54) is 11.1 Å². The molecule has 1 atom stereocenters. The Kier molecular flexibility index (Phi) is 6.27. The predicted molar refractivity (Wildman–Crippen MR) is 91.9 cm³/mol. The van der Waals surface area contributed by atoms with Crippen LogP contribution in [0.3, 0.4) is 0 Å². The molecule has 0 aromatic heterocycles. The van der Waals surface area contributed by atoms with Crippen molar-refractivity contribution < 1.29 is 4.74 Å². The van der Waals surface area contributed by atoms with Gasteiger partial charge in [-0.05, 0) is 48.7 Å². The largest absolute Gasteiger partial charge is 0.497 e. The van der Waals surface area contributed by atoms with Gasteiger partial charge in [-0.3, -0.25) is 0 Å². The predicted octanol–water partition coefficient (Wildman–Crippen LogP) is 4.74. The van der Waals surface area contributed by atoms with Crippen molar-refractivity contribution in [3.05, 3.63) is 64.1 Å². The molecule has 2 rings (SSSR count). The molecule has 0 spiro atoms. The summed E-state index contributed by atoms with van der Waals surface area (Å²) >= 11 is 3.67. The SMILES string of the molecule is CCCNC(Cc1cccc(OC)c1)c1ccccc1Br. The molecule has 0 aliphatic heterocycles. The molecule has 0 saturated heterocycles. The number of hydrogen-bond donors (Lipinski definition) is 1. The van der Waals surface area contributed by atoms with Crippen LogP contribution in [0.5, 0.6) is 5.75 Å². The second-order valence-corrected chi connectivity index (χ2v) is 5.94. The smallest absolute Gasteiger partial charge is 0.119 e. The Morgan fingerprint density at radius 1 is 1.14 bits per heavy atom. The maximum Gasteiger partial charge on any atom is 0.119 e. The van der Waals surface area contributed by atoms with Crippen LogP contribution >= 0.6 is 15.9 Å². The molecular formula is C18H22BrNO. The molecule has 3 heteroatoms. The highest BCUT2D eigenvalue weighted by Gasteiger charge is 2.14. The fraction of sp³-hybridized carbons (Fsp3) is 0.333. The molecule has 1 N–H and O–H groups in total. The molecule has 0 aliphatic rings. The van der Waals surface area contributed by atoms with Crippen molar-refractivity contribution in [1.82, 2.24) is 5.32 Å². The van der Waals surface area contributed by atoms with Crippen LogP contribution in [0.2, 0.25) is 0 Å². The summed E-state index contributed by atoms with van der Waals surface area (Å²) < 4.78 is 6.47. The quantitative estimate of drug-likeness (QED) is 0.780. The average Bonchev–Trinajstić information content (AvgIpc) is 2.52.